The molecule has 0 spiro atoms. The van der Waals surface area contributed by atoms with Gasteiger partial charge in [0.2, 0.25) is 5.95 Å². The second-order valence-corrected chi connectivity index (χ2v) is 9.93. The first kappa shape index (κ1) is 22.4. The van der Waals surface area contributed by atoms with Crippen LogP contribution < -0.4 is 4.90 Å². The third-order valence-electron chi connectivity index (χ3n) is 7.39. The van der Waals surface area contributed by atoms with Gasteiger partial charge in [-0.05, 0) is 25.0 Å². The Hall–Kier alpha value is -3.83. The fourth-order valence-electron chi connectivity index (χ4n) is 5.49. The van der Waals surface area contributed by atoms with E-state index in [1.807, 2.05) is 35.8 Å². The summed E-state index contributed by atoms with van der Waals surface area (Å²) in [5, 5.41) is 3.81. The summed E-state index contributed by atoms with van der Waals surface area (Å²) in [5.74, 6) is 4.82. The van der Waals surface area contributed by atoms with E-state index in [2.05, 4.69) is 32.6 Å². The molecule has 0 N–H and O–H groups in total. The molecule has 0 atom stereocenters. The van der Waals surface area contributed by atoms with Gasteiger partial charge in [0.15, 0.2) is 22.7 Å². The lowest BCUT2D eigenvalue weighted by atomic mass is 9.96. The topological polar surface area (TPSA) is 103 Å². The smallest absolute Gasteiger partial charge is 0.239 e. The molecule has 37 heavy (non-hydrogen) atoms. The van der Waals surface area contributed by atoms with Crippen molar-refractivity contribution in [3.8, 4) is 5.95 Å². The van der Waals surface area contributed by atoms with Gasteiger partial charge in [-0.15, -0.1) is 0 Å². The number of morpholine rings is 1. The molecule has 0 unspecified atom stereocenters. The number of ether oxygens (including phenoxy) is 1. The normalized spacial score (nSPS) is 17.2. The summed E-state index contributed by atoms with van der Waals surface area (Å²) >= 11 is 0. The van der Waals surface area contributed by atoms with E-state index in [0.717, 1.165) is 84.6 Å². The molecule has 4 aromatic heterocycles. The van der Waals surface area contributed by atoms with Gasteiger partial charge in [0.05, 0.1) is 37.0 Å². The number of rotatable bonds is 6. The van der Waals surface area contributed by atoms with Crippen LogP contribution in [0.5, 0.6) is 0 Å². The number of hydrogen-bond acceptors (Lipinski definition) is 9. The van der Waals surface area contributed by atoms with E-state index in [0.29, 0.717) is 25.1 Å². The van der Waals surface area contributed by atoms with Crippen LogP contribution >= 0.6 is 0 Å². The van der Waals surface area contributed by atoms with Crippen LogP contribution in [0.3, 0.4) is 0 Å². The minimum Gasteiger partial charge on any atom is -0.378 e. The number of nitrogens with zero attached hydrogens (tertiary/aromatic N) is 9. The first-order chi connectivity index (χ1) is 18.1. The summed E-state index contributed by atoms with van der Waals surface area (Å²) in [6.45, 7) is 7.73. The van der Waals surface area contributed by atoms with Gasteiger partial charge in [0.1, 0.15) is 11.6 Å². The summed E-state index contributed by atoms with van der Waals surface area (Å²) in [6, 6.07) is 10.0. The van der Waals surface area contributed by atoms with Gasteiger partial charge >= 0.3 is 0 Å². The number of para-hydroxylation sites is 2. The molecule has 2 aliphatic heterocycles. The molecular formula is C26H29N9O2. The molecule has 190 valence electrons. The van der Waals surface area contributed by atoms with Crippen LogP contribution in [0.15, 0.2) is 41.1 Å². The van der Waals surface area contributed by atoms with E-state index < -0.39 is 0 Å². The zero-order chi connectivity index (χ0) is 24.9. The standard InChI is InChI=1S/C26H29N9O2/c1-17-28-20-5-3-4-6-21(20)35(17)26-30-24-23(25(31-26)34-9-11-36-12-10-34)29-22(32(24)2)13-18-14-33(15-18)16-19-7-8-27-37-19/h3-8,18H,9-16H2,1-2H3. The highest BCUT2D eigenvalue weighted by Crippen LogP contribution is 2.30. The highest BCUT2D eigenvalue weighted by atomic mass is 16.5. The molecule has 2 aliphatic rings. The monoisotopic (exact) mass is 499 g/mol. The third kappa shape index (κ3) is 3.94. The zero-order valence-electron chi connectivity index (χ0n) is 21.0. The van der Waals surface area contributed by atoms with Gasteiger partial charge in [-0.1, -0.05) is 17.3 Å². The molecule has 0 radical (unpaired) electrons. The maximum absolute atomic E-state index is 5.62. The molecule has 0 amide bonds. The molecule has 2 saturated heterocycles. The van der Waals surface area contributed by atoms with Crippen molar-refractivity contribution in [2.24, 2.45) is 13.0 Å². The Bertz CT molecular complexity index is 1560. The van der Waals surface area contributed by atoms with Gasteiger partial charge in [-0.25, -0.2) is 9.97 Å². The number of hydrogen-bond donors (Lipinski definition) is 0. The summed E-state index contributed by atoms with van der Waals surface area (Å²) in [4.78, 5) is 24.6. The summed E-state index contributed by atoms with van der Waals surface area (Å²) in [5.41, 5.74) is 3.62. The number of likely N-dealkylation sites (tertiary alicyclic amines) is 1. The predicted octanol–water partition coefficient (Wildman–Crippen LogP) is 2.51. The zero-order valence-corrected chi connectivity index (χ0v) is 21.0. The van der Waals surface area contributed by atoms with Gasteiger partial charge in [0.25, 0.3) is 0 Å². The summed E-state index contributed by atoms with van der Waals surface area (Å²) in [7, 11) is 2.06. The van der Waals surface area contributed by atoms with E-state index in [9.17, 15) is 0 Å². The van der Waals surface area contributed by atoms with Crippen molar-refractivity contribution in [1.29, 1.82) is 0 Å². The number of anilines is 1. The van der Waals surface area contributed by atoms with Gasteiger partial charge in [0, 0.05) is 45.7 Å². The lowest BCUT2D eigenvalue weighted by Gasteiger charge is -2.38. The molecule has 11 nitrogen and oxygen atoms in total. The van der Waals surface area contributed by atoms with Crippen molar-refractivity contribution < 1.29 is 9.26 Å². The molecule has 6 heterocycles. The van der Waals surface area contributed by atoms with Gasteiger partial charge in [-0.3, -0.25) is 9.47 Å². The Morgan fingerprint density at radius 1 is 1.00 bits per heavy atom. The van der Waals surface area contributed by atoms with Crippen molar-refractivity contribution in [1.82, 2.24) is 39.1 Å². The molecular weight excluding hydrogens is 470 g/mol. The Morgan fingerprint density at radius 3 is 2.65 bits per heavy atom. The molecule has 0 saturated carbocycles. The van der Waals surface area contributed by atoms with Crippen LogP contribution in [-0.2, 0) is 24.8 Å². The maximum atomic E-state index is 5.62. The van der Waals surface area contributed by atoms with Crippen LogP contribution in [0, 0.1) is 12.8 Å². The fraction of sp³-hybridized carbons (Fsp3) is 0.423. The minimum atomic E-state index is 0.539. The van der Waals surface area contributed by atoms with Crippen LogP contribution in [0.25, 0.3) is 28.1 Å². The van der Waals surface area contributed by atoms with E-state index in [1.165, 1.54) is 0 Å². The van der Waals surface area contributed by atoms with Crippen LogP contribution in [0.1, 0.15) is 17.4 Å². The lowest BCUT2D eigenvalue weighted by Crippen LogP contribution is -2.47. The average molecular weight is 500 g/mol. The first-order valence-electron chi connectivity index (χ1n) is 12.8. The van der Waals surface area contributed by atoms with Crippen molar-refractivity contribution >= 4 is 28.0 Å². The number of imidazole rings is 2. The number of aromatic nitrogens is 7. The molecule has 5 aromatic rings. The van der Waals surface area contributed by atoms with E-state index in [-0.39, 0.29) is 0 Å². The van der Waals surface area contributed by atoms with E-state index in [4.69, 9.17) is 29.2 Å². The Labute approximate surface area is 213 Å². The largest absolute Gasteiger partial charge is 0.378 e. The second kappa shape index (κ2) is 8.93. The fourth-order valence-corrected chi connectivity index (χ4v) is 5.49. The maximum Gasteiger partial charge on any atom is 0.239 e. The molecule has 2 fully saturated rings. The van der Waals surface area contributed by atoms with Crippen LogP contribution in [0.4, 0.5) is 5.82 Å². The summed E-state index contributed by atoms with van der Waals surface area (Å²) in [6.07, 6.45) is 2.59. The molecule has 7 rings (SSSR count). The molecule has 0 aliphatic carbocycles. The van der Waals surface area contributed by atoms with Crippen molar-refractivity contribution in [2.45, 2.75) is 19.9 Å². The van der Waals surface area contributed by atoms with E-state index in [1.54, 1.807) is 6.20 Å². The average Bonchev–Trinajstić information content (AvgIpc) is 3.60. The van der Waals surface area contributed by atoms with Crippen molar-refractivity contribution in [3.63, 3.8) is 0 Å². The minimum absolute atomic E-state index is 0.539. The number of fused-ring (bicyclic) bond motifs is 2. The molecule has 11 heteroatoms. The Morgan fingerprint density at radius 2 is 1.84 bits per heavy atom. The van der Waals surface area contributed by atoms with Crippen molar-refractivity contribution in [3.05, 3.63) is 53.9 Å². The lowest BCUT2D eigenvalue weighted by molar-refractivity contribution is 0.0806. The Balaban J connectivity index is 1.25. The Kier molecular flexibility index (Phi) is 5.40. The highest BCUT2D eigenvalue weighted by Gasteiger charge is 2.30. The van der Waals surface area contributed by atoms with E-state index >= 15 is 0 Å². The number of benzene rings is 1. The first-order valence-corrected chi connectivity index (χ1v) is 12.8. The summed E-state index contributed by atoms with van der Waals surface area (Å²) < 4.78 is 15.1. The SMILES string of the molecule is Cc1nc2ccccc2n1-c1nc(N2CCOCC2)c2nc(CC3CN(Cc4ccno4)C3)n(C)c2n1. The van der Waals surface area contributed by atoms with Crippen LogP contribution in [-0.4, -0.2) is 78.5 Å². The quantitative estimate of drug-likeness (QED) is 0.349. The highest BCUT2D eigenvalue weighted by molar-refractivity contribution is 5.86. The van der Waals surface area contributed by atoms with Crippen LogP contribution in [0.2, 0.25) is 0 Å². The second-order valence-electron chi connectivity index (χ2n) is 9.93. The molecule has 1 aromatic carbocycles. The van der Waals surface area contributed by atoms with Gasteiger partial charge < -0.3 is 18.7 Å². The number of aryl methyl sites for hydroxylation is 2. The third-order valence-corrected chi connectivity index (χ3v) is 7.39. The predicted molar refractivity (Wildman–Crippen MR) is 138 cm³/mol. The van der Waals surface area contributed by atoms with Gasteiger partial charge in [-0.2, -0.15) is 9.97 Å². The molecule has 0 bridgehead atoms. The van der Waals surface area contributed by atoms with Crippen molar-refractivity contribution in [2.75, 3.05) is 44.3 Å².